The molecule has 2 aromatic rings. The molecule has 0 unspecified atom stereocenters. The fraction of sp³-hybridized carbons (Fsp3) is 0.471. The van der Waals surface area contributed by atoms with E-state index in [4.69, 9.17) is 0 Å². The van der Waals surface area contributed by atoms with Crippen molar-refractivity contribution in [2.45, 2.75) is 32.1 Å². The summed E-state index contributed by atoms with van der Waals surface area (Å²) < 4.78 is 1.84. The second-order valence-electron chi connectivity index (χ2n) is 5.74. The van der Waals surface area contributed by atoms with Gasteiger partial charge in [0.25, 0.3) is 0 Å². The zero-order valence-corrected chi connectivity index (χ0v) is 13.0. The molecule has 1 aromatic carbocycles. The van der Waals surface area contributed by atoms with Gasteiger partial charge in [-0.2, -0.15) is 5.10 Å². The van der Waals surface area contributed by atoms with Crippen LogP contribution in [0.4, 0.5) is 0 Å². The summed E-state index contributed by atoms with van der Waals surface area (Å²) in [6.45, 7) is 3.90. The predicted octanol–water partition coefficient (Wildman–Crippen LogP) is 1.76. The number of aliphatic hydroxyl groups is 2. The molecule has 0 spiro atoms. The molecule has 0 aliphatic heterocycles. The van der Waals surface area contributed by atoms with Crippen molar-refractivity contribution in [3.8, 4) is 0 Å². The Hall–Kier alpha value is -1.65. The van der Waals surface area contributed by atoms with Crippen molar-refractivity contribution >= 4 is 0 Å². The van der Waals surface area contributed by atoms with Crippen molar-refractivity contribution in [2.75, 3.05) is 13.2 Å². The van der Waals surface area contributed by atoms with E-state index in [-0.39, 0.29) is 13.2 Å². The van der Waals surface area contributed by atoms with Gasteiger partial charge in [-0.3, -0.25) is 4.68 Å². The third kappa shape index (κ3) is 3.17. The molecule has 0 atom stereocenters. The molecule has 4 nitrogen and oxygen atoms in total. The standard InChI is InChI=1S/C17H24N2O2/c1-4-15-9-16(19(3)18-15)10-17(11-20,12-21)14-7-5-13(2)6-8-14/h5-9,20-21H,4,10-12H2,1-3H3. The van der Waals surface area contributed by atoms with Crippen molar-refractivity contribution in [2.24, 2.45) is 7.05 Å². The average molecular weight is 288 g/mol. The molecular formula is C17H24N2O2. The number of aliphatic hydroxyl groups excluding tert-OH is 2. The van der Waals surface area contributed by atoms with Gasteiger partial charge >= 0.3 is 0 Å². The van der Waals surface area contributed by atoms with Gasteiger partial charge in [0.1, 0.15) is 0 Å². The number of rotatable bonds is 6. The maximum atomic E-state index is 9.93. The third-order valence-electron chi connectivity index (χ3n) is 4.18. The van der Waals surface area contributed by atoms with Gasteiger partial charge in [0.05, 0.1) is 18.9 Å². The highest BCUT2D eigenvalue weighted by Gasteiger charge is 2.32. The molecule has 0 bridgehead atoms. The minimum atomic E-state index is -0.674. The lowest BCUT2D eigenvalue weighted by atomic mass is 9.77. The smallest absolute Gasteiger partial charge is 0.0624 e. The molecule has 2 rings (SSSR count). The molecule has 0 aliphatic rings. The van der Waals surface area contributed by atoms with Crippen molar-refractivity contribution < 1.29 is 10.2 Å². The Kier molecular flexibility index (Phi) is 4.80. The van der Waals surface area contributed by atoms with Crippen molar-refractivity contribution in [3.63, 3.8) is 0 Å². The van der Waals surface area contributed by atoms with Crippen LogP contribution in [-0.4, -0.2) is 33.2 Å². The fourth-order valence-electron chi connectivity index (χ4n) is 2.61. The van der Waals surface area contributed by atoms with Gasteiger partial charge in [-0.05, 0) is 25.0 Å². The summed E-state index contributed by atoms with van der Waals surface area (Å²) in [5, 5.41) is 24.3. The lowest BCUT2D eigenvalue weighted by Gasteiger charge is -2.30. The minimum absolute atomic E-state index is 0.0980. The molecule has 0 radical (unpaired) electrons. The van der Waals surface area contributed by atoms with E-state index in [0.717, 1.165) is 28.9 Å². The summed E-state index contributed by atoms with van der Waals surface area (Å²) >= 11 is 0. The van der Waals surface area contributed by atoms with E-state index in [2.05, 4.69) is 12.0 Å². The van der Waals surface area contributed by atoms with Gasteiger partial charge in [-0.1, -0.05) is 36.8 Å². The molecule has 4 heteroatoms. The summed E-state index contributed by atoms with van der Waals surface area (Å²) in [6, 6.07) is 10.0. The van der Waals surface area contributed by atoms with Gasteiger partial charge in [0, 0.05) is 24.6 Å². The quantitative estimate of drug-likeness (QED) is 0.851. The van der Waals surface area contributed by atoms with Gasteiger partial charge in [0.15, 0.2) is 0 Å². The van der Waals surface area contributed by atoms with Crippen LogP contribution in [0.25, 0.3) is 0 Å². The van der Waals surface area contributed by atoms with Crippen LogP contribution in [0.1, 0.15) is 29.4 Å². The second kappa shape index (κ2) is 6.41. The Bertz CT molecular complexity index is 583. The molecule has 2 N–H and O–H groups in total. The van der Waals surface area contributed by atoms with Crippen LogP contribution in [0.5, 0.6) is 0 Å². The molecule has 1 aromatic heterocycles. The van der Waals surface area contributed by atoms with Crippen molar-refractivity contribution in [3.05, 3.63) is 52.8 Å². The Morgan fingerprint density at radius 1 is 1.14 bits per heavy atom. The average Bonchev–Trinajstić information content (AvgIpc) is 2.86. The number of aryl methyl sites for hydroxylation is 3. The number of nitrogens with zero attached hydrogens (tertiary/aromatic N) is 2. The molecule has 114 valence electrons. The number of benzene rings is 1. The zero-order valence-electron chi connectivity index (χ0n) is 13.0. The Labute approximate surface area is 126 Å². The van der Waals surface area contributed by atoms with Crippen molar-refractivity contribution in [1.29, 1.82) is 0 Å². The highest BCUT2D eigenvalue weighted by molar-refractivity contribution is 5.31. The maximum absolute atomic E-state index is 9.93. The Balaban J connectivity index is 2.37. The van der Waals surface area contributed by atoms with Crippen LogP contribution < -0.4 is 0 Å². The van der Waals surface area contributed by atoms with Crippen LogP contribution in [0.15, 0.2) is 30.3 Å². The Morgan fingerprint density at radius 2 is 1.76 bits per heavy atom. The lowest BCUT2D eigenvalue weighted by Crippen LogP contribution is -2.37. The van der Waals surface area contributed by atoms with E-state index >= 15 is 0 Å². The first-order valence-corrected chi connectivity index (χ1v) is 7.35. The van der Waals surface area contributed by atoms with E-state index in [1.54, 1.807) is 0 Å². The number of aromatic nitrogens is 2. The van der Waals surface area contributed by atoms with Gasteiger partial charge < -0.3 is 10.2 Å². The van der Waals surface area contributed by atoms with Crippen LogP contribution in [0.2, 0.25) is 0 Å². The molecule has 0 fully saturated rings. The van der Waals surface area contributed by atoms with Crippen molar-refractivity contribution in [1.82, 2.24) is 9.78 Å². The molecular weight excluding hydrogens is 264 g/mol. The molecule has 0 saturated heterocycles. The lowest BCUT2D eigenvalue weighted by molar-refractivity contribution is 0.114. The first-order chi connectivity index (χ1) is 10.0. The molecule has 0 saturated carbocycles. The van der Waals surface area contributed by atoms with E-state index in [9.17, 15) is 10.2 Å². The molecule has 0 amide bonds. The van der Waals surface area contributed by atoms with Gasteiger partial charge in [-0.15, -0.1) is 0 Å². The second-order valence-corrected chi connectivity index (χ2v) is 5.74. The Morgan fingerprint density at radius 3 is 2.24 bits per heavy atom. The molecule has 21 heavy (non-hydrogen) atoms. The maximum Gasteiger partial charge on any atom is 0.0624 e. The number of hydrogen-bond acceptors (Lipinski definition) is 3. The molecule has 1 heterocycles. The summed E-state index contributed by atoms with van der Waals surface area (Å²) in [5.74, 6) is 0. The first-order valence-electron chi connectivity index (χ1n) is 7.35. The first kappa shape index (κ1) is 15.7. The van der Waals surface area contributed by atoms with E-state index in [0.29, 0.717) is 6.42 Å². The van der Waals surface area contributed by atoms with Crippen LogP contribution in [0.3, 0.4) is 0 Å². The topological polar surface area (TPSA) is 58.3 Å². The summed E-state index contributed by atoms with van der Waals surface area (Å²) in [4.78, 5) is 0. The van der Waals surface area contributed by atoms with Gasteiger partial charge in [-0.25, -0.2) is 0 Å². The third-order valence-corrected chi connectivity index (χ3v) is 4.18. The summed E-state index contributed by atoms with van der Waals surface area (Å²) in [5.41, 5.74) is 3.50. The SMILES string of the molecule is CCc1cc(CC(CO)(CO)c2ccc(C)cc2)n(C)n1. The monoisotopic (exact) mass is 288 g/mol. The highest BCUT2D eigenvalue weighted by Crippen LogP contribution is 2.28. The van der Waals surface area contributed by atoms with Gasteiger partial charge in [0.2, 0.25) is 0 Å². The van der Waals surface area contributed by atoms with E-state index in [1.165, 1.54) is 0 Å². The van der Waals surface area contributed by atoms with Crippen LogP contribution in [0, 0.1) is 6.92 Å². The normalized spacial score (nSPS) is 11.9. The highest BCUT2D eigenvalue weighted by atomic mass is 16.3. The van der Waals surface area contributed by atoms with E-state index < -0.39 is 5.41 Å². The minimum Gasteiger partial charge on any atom is -0.395 e. The zero-order chi connectivity index (χ0) is 15.5. The predicted molar refractivity (Wildman–Crippen MR) is 83.3 cm³/mol. The largest absolute Gasteiger partial charge is 0.395 e. The fourth-order valence-corrected chi connectivity index (χ4v) is 2.61. The van der Waals surface area contributed by atoms with Crippen LogP contribution >= 0.6 is 0 Å². The van der Waals surface area contributed by atoms with E-state index in [1.807, 2.05) is 49.0 Å². The summed E-state index contributed by atoms with van der Waals surface area (Å²) in [7, 11) is 1.91. The number of hydrogen-bond donors (Lipinski definition) is 2. The molecule has 0 aliphatic carbocycles. The summed E-state index contributed by atoms with van der Waals surface area (Å²) in [6.07, 6.45) is 1.44. The van der Waals surface area contributed by atoms with Crippen LogP contribution in [-0.2, 0) is 25.3 Å².